The number of nitrogens with zero attached hydrogens (tertiary/aromatic N) is 3. The van der Waals surface area contributed by atoms with Crippen LogP contribution < -0.4 is 0 Å². The number of piperidine rings is 1. The van der Waals surface area contributed by atoms with Crippen molar-refractivity contribution in [2.75, 3.05) is 13.2 Å². The number of furan rings is 1. The van der Waals surface area contributed by atoms with Gasteiger partial charge in [0.2, 0.25) is 5.91 Å². The molecule has 0 aromatic carbocycles. The maximum atomic E-state index is 12.6. The first kappa shape index (κ1) is 16.7. The number of rotatable bonds is 5. The summed E-state index contributed by atoms with van der Waals surface area (Å²) < 4.78 is 16.2. The topological polar surface area (TPSA) is 81.6 Å². The summed E-state index contributed by atoms with van der Waals surface area (Å²) in [5, 5.41) is 3.69. The third-order valence-electron chi connectivity index (χ3n) is 4.30. The van der Waals surface area contributed by atoms with Crippen LogP contribution in [0.15, 0.2) is 21.1 Å². The number of aromatic nitrogens is 2. The average Bonchev–Trinajstić information content (AvgIpc) is 3.15. The number of hydrogen-bond acceptors (Lipinski definition) is 6. The molecule has 1 aliphatic heterocycles. The molecule has 130 valence electrons. The molecule has 2 atom stereocenters. The molecule has 1 saturated heterocycles. The molecule has 3 heterocycles. The van der Waals surface area contributed by atoms with Crippen LogP contribution in [-0.2, 0) is 16.1 Å². The van der Waals surface area contributed by atoms with E-state index in [9.17, 15) is 4.79 Å². The van der Waals surface area contributed by atoms with Crippen molar-refractivity contribution in [3.63, 3.8) is 0 Å². The lowest BCUT2D eigenvalue weighted by molar-refractivity contribution is -0.142. The molecule has 0 bridgehead atoms. The summed E-state index contributed by atoms with van der Waals surface area (Å²) in [5.74, 6) is 3.16. The quantitative estimate of drug-likeness (QED) is 0.837. The lowest BCUT2D eigenvalue weighted by atomic mass is 9.91. The van der Waals surface area contributed by atoms with E-state index >= 15 is 0 Å². The number of likely N-dealkylation sites (tertiary alicyclic amines) is 1. The molecule has 1 aliphatic rings. The molecule has 0 radical (unpaired) electrons. The van der Waals surface area contributed by atoms with Crippen molar-refractivity contribution in [1.82, 2.24) is 15.0 Å². The Kier molecular flexibility index (Phi) is 4.99. The van der Waals surface area contributed by atoms with Gasteiger partial charge in [0.1, 0.15) is 24.7 Å². The Morgan fingerprint density at radius 1 is 1.42 bits per heavy atom. The van der Waals surface area contributed by atoms with Gasteiger partial charge in [-0.15, -0.1) is 0 Å². The van der Waals surface area contributed by atoms with E-state index in [0.29, 0.717) is 24.2 Å². The predicted octanol–water partition coefficient (Wildman–Crippen LogP) is 2.80. The van der Waals surface area contributed by atoms with Gasteiger partial charge in [-0.25, -0.2) is 0 Å². The molecule has 1 fully saturated rings. The summed E-state index contributed by atoms with van der Waals surface area (Å²) in [7, 11) is 0. The minimum Gasteiger partial charge on any atom is -0.464 e. The van der Waals surface area contributed by atoms with E-state index in [-0.39, 0.29) is 25.2 Å². The van der Waals surface area contributed by atoms with Crippen molar-refractivity contribution in [3.8, 4) is 0 Å². The first-order valence-corrected chi connectivity index (χ1v) is 8.25. The van der Waals surface area contributed by atoms with Gasteiger partial charge in [-0.2, -0.15) is 4.98 Å². The monoisotopic (exact) mass is 333 g/mol. The maximum absolute atomic E-state index is 12.6. The molecule has 3 rings (SSSR count). The third-order valence-corrected chi connectivity index (χ3v) is 4.30. The van der Waals surface area contributed by atoms with Gasteiger partial charge in [0, 0.05) is 6.54 Å². The largest absolute Gasteiger partial charge is 0.464 e. The second-order valence-corrected chi connectivity index (χ2v) is 6.41. The fraction of sp³-hybridized carbons (Fsp3) is 0.588. The van der Waals surface area contributed by atoms with Crippen molar-refractivity contribution < 1.29 is 18.5 Å². The van der Waals surface area contributed by atoms with Gasteiger partial charge >= 0.3 is 0 Å². The van der Waals surface area contributed by atoms with Crippen molar-refractivity contribution in [1.29, 1.82) is 0 Å². The van der Waals surface area contributed by atoms with E-state index in [0.717, 1.165) is 24.4 Å². The molecule has 0 spiro atoms. The van der Waals surface area contributed by atoms with Crippen molar-refractivity contribution in [2.45, 2.75) is 46.3 Å². The van der Waals surface area contributed by atoms with Crippen molar-refractivity contribution in [2.24, 2.45) is 5.92 Å². The highest BCUT2D eigenvalue weighted by Crippen LogP contribution is 2.34. The van der Waals surface area contributed by atoms with Crippen molar-refractivity contribution in [3.05, 3.63) is 35.4 Å². The lowest BCUT2D eigenvalue weighted by Gasteiger charge is -2.37. The summed E-state index contributed by atoms with van der Waals surface area (Å²) in [4.78, 5) is 18.5. The Hall–Kier alpha value is -2.15. The fourth-order valence-corrected chi connectivity index (χ4v) is 3.05. The Labute approximate surface area is 141 Å². The maximum Gasteiger partial charge on any atom is 0.252 e. The summed E-state index contributed by atoms with van der Waals surface area (Å²) in [6, 6.07) is 3.87. The second kappa shape index (κ2) is 7.17. The molecule has 2 aromatic rings. The average molecular weight is 333 g/mol. The zero-order chi connectivity index (χ0) is 17.1. The summed E-state index contributed by atoms with van der Waals surface area (Å²) in [5.41, 5.74) is 0. The zero-order valence-corrected chi connectivity index (χ0v) is 14.3. The van der Waals surface area contributed by atoms with E-state index in [1.54, 1.807) is 6.92 Å². The fourth-order valence-electron chi connectivity index (χ4n) is 3.05. The van der Waals surface area contributed by atoms with Crippen molar-refractivity contribution >= 4 is 5.91 Å². The Balaban J connectivity index is 1.60. The molecule has 0 saturated carbocycles. The molecule has 0 unspecified atom stereocenters. The second-order valence-electron chi connectivity index (χ2n) is 6.41. The van der Waals surface area contributed by atoms with E-state index in [4.69, 9.17) is 13.7 Å². The summed E-state index contributed by atoms with van der Waals surface area (Å²) in [6.07, 6.45) is 1.90. The highest BCUT2D eigenvalue weighted by Gasteiger charge is 2.32. The molecule has 0 aliphatic carbocycles. The molecule has 0 N–H and O–H groups in total. The molecule has 7 nitrogen and oxygen atoms in total. The van der Waals surface area contributed by atoms with Gasteiger partial charge in [-0.1, -0.05) is 12.1 Å². The van der Waals surface area contributed by atoms with E-state index < -0.39 is 0 Å². The summed E-state index contributed by atoms with van der Waals surface area (Å²) in [6.45, 7) is 6.71. The smallest absolute Gasteiger partial charge is 0.252 e. The van der Waals surface area contributed by atoms with E-state index in [1.165, 1.54) is 0 Å². The molecular weight excluding hydrogens is 310 g/mol. The number of amides is 1. The number of aryl methyl sites for hydroxylation is 2. The highest BCUT2D eigenvalue weighted by atomic mass is 16.5. The number of carbonyl (C=O) groups excluding carboxylic acids is 1. The van der Waals surface area contributed by atoms with Crippen LogP contribution in [0.4, 0.5) is 0 Å². The number of hydrogen-bond donors (Lipinski definition) is 0. The molecule has 24 heavy (non-hydrogen) atoms. The highest BCUT2D eigenvalue weighted by molar-refractivity contribution is 5.78. The van der Waals surface area contributed by atoms with E-state index in [2.05, 4.69) is 17.1 Å². The van der Waals surface area contributed by atoms with Gasteiger partial charge in [0.15, 0.2) is 5.82 Å². The first-order chi connectivity index (χ1) is 11.5. The molecule has 7 heteroatoms. The Bertz CT molecular complexity index is 694. The van der Waals surface area contributed by atoms with Gasteiger partial charge < -0.3 is 18.6 Å². The number of carbonyl (C=O) groups is 1. The Morgan fingerprint density at radius 2 is 2.25 bits per heavy atom. The van der Waals surface area contributed by atoms with Crippen LogP contribution in [0.25, 0.3) is 0 Å². The lowest BCUT2D eigenvalue weighted by Crippen LogP contribution is -2.42. The summed E-state index contributed by atoms with van der Waals surface area (Å²) >= 11 is 0. The predicted molar refractivity (Wildman–Crippen MR) is 85.0 cm³/mol. The van der Waals surface area contributed by atoms with Crippen LogP contribution in [0.5, 0.6) is 0 Å². The molecule has 2 aromatic heterocycles. The zero-order valence-electron chi connectivity index (χ0n) is 14.3. The van der Waals surface area contributed by atoms with Crippen LogP contribution in [0, 0.1) is 19.8 Å². The van der Waals surface area contributed by atoms with Gasteiger partial charge in [0.05, 0.1) is 6.04 Å². The molecule has 1 amide bonds. The number of ether oxygens (including phenoxy) is 1. The van der Waals surface area contributed by atoms with Crippen LogP contribution in [0.1, 0.15) is 49.0 Å². The van der Waals surface area contributed by atoms with Crippen LogP contribution in [0.3, 0.4) is 0 Å². The van der Waals surface area contributed by atoms with Gasteiger partial charge in [-0.05, 0) is 44.7 Å². The SMILES string of the molecule is Cc1noc(COCC(=O)N2CC[C@@H](C)C[C@H]2c2ccc(C)o2)n1. The standard InChI is InChI=1S/C17H23N3O4/c1-11-6-7-20(14(8-11)15-5-4-12(2)23-15)17(21)10-22-9-16-18-13(3)19-24-16/h4-5,11,14H,6-10H2,1-3H3/t11-,14+/m1/s1. The van der Waals surface area contributed by atoms with E-state index in [1.807, 2.05) is 24.0 Å². The van der Waals surface area contributed by atoms with Gasteiger partial charge in [-0.3, -0.25) is 4.79 Å². The van der Waals surface area contributed by atoms with Crippen LogP contribution >= 0.6 is 0 Å². The third kappa shape index (κ3) is 3.84. The Morgan fingerprint density at radius 3 is 2.92 bits per heavy atom. The van der Waals surface area contributed by atoms with Gasteiger partial charge in [0.25, 0.3) is 5.89 Å². The first-order valence-electron chi connectivity index (χ1n) is 8.25. The molecular formula is C17H23N3O4. The van der Waals surface area contributed by atoms with Crippen LogP contribution in [-0.4, -0.2) is 34.1 Å². The minimum absolute atomic E-state index is 0.00794. The van der Waals surface area contributed by atoms with Crippen LogP contribution in [0.2, 0.25) is 0 Å². The normalized spacial score (nSPS) is 21.2. The minimum atomic E-state index is -0.0443.